The second-order valence-corrected chi connectivity index (χ2v) is 8.18. The van der Waals surface area contributed by atoms with Gasteiger partial charge in [-0.05, 0) is 32.1 Å². The molecule has 0 aromatic rings. The maximum absolute atomic E-state index is 9.90. The van der Waals surface area contributed by atoms with Gasteiger partial charge >= 0.3 is 0 Å². The molecule has 6 heteroatoms. The highest BCUT2D eigenvalue weighted by atomic mass is 16.7. The Balaban J connectivity index is 1.94. The van der Waals surface area contributed by atoms with Gasteiger partial charge in [-0.2, -0.15) is 0 Å². The van der Waals surface area contributed by atoms with E-state index in [9.17, 15) is 15.3 Å². The minimum absolute atomic E-state index is 0.413. The van der Waals surface area contributed by atoms with Crippen LogP contribution in [-0.2, 0) is 9.47 Å². The quantitative estimate of drug-likeness (QED) is 0.209. The molecule has 5 atom stereocenters. The van der Waals surface area contributed by atoms with Crippen LogP contribution in [0.3, 0.4) is 0 Å². The van der Waals surface area contributed by atoms with Gasteiger partial charge in [0, 0.05) is 6.61 Å². The summed E-state index contributed by atoms with van der Waals surface area (Å²) in [5.74, 6) is 0. The lowest BCUT2D eigenvalue weighted by atomic mass is 9.99. The summed E-state index contributed by atoms with van der Waals surface area (Å²) in [6.45, 7) is 2.21. The number of aliphatic hydroxyl groups excluding tert-OH is 4. The molecule has 4 N–H and O–H groups in total. The fraction of sp³-hybridized carbons (Fsp3) is 0.833. The van der Waals surface area contributed by atoms with Crippen LogP contribution in [0.2, 0.25) is 0 Å². The molecule has 0 aliphatic carbocycles. The van der Waals surface area contributed by atoms with Crippen molar-refractivity contribution in [2.45, 2.75) is 115 Å². The van der Waals surface area contributed by atoms with Crippen molar-refractivity contribution in [1.29, 1.82) is 0 Å². The molecule has 0 radical (unpaired) electrons. The average molecular weight is 429 g/mol. The topological polar surface area (TPSA) is 99.4 Å². The number of aliphatic hydroxyl groups is 4. The van der Waals surface area contributed by atoms with E-state index < -0.39 is 37.3 Å². The van der Waals surface area contributed by atoms with Gasteiger partial charge < -0.3 is 29.9 Å². The van der Waals surface area contributed by atoms with Gasteiger partial charge in [-0.3, -0.25) is 0 Å². The van der Waals surface area contributed by atoms with E-state index in [1.165, 1.54) is 51.4 Å². The molecule has 0 aromatic heterocycles. The predicted molar refractivity (Wildman–Crippen MR) is 119 cm³/mol. The molecule has 6 nitrogen and oxygen atoms in total. The van der Waals surface area contributed by atoms with Crippen LogP contribution in [0.15, 0.2) is 24.3 Å². The van der Waals surface area contributed by atoms with Gasteiger partial charge in [0.15, 0.2) is 6.29 Å². The summed E-state index contributed by atoms with van der Waals surface area (Å²) in [5, 5.41) is 38.5. The summed E-state index contributed by atoms with van der Waals surface area (Å²) >= 11 is 0. The maximum atomic E-state index is 9.90. The Kier molecular flexibility index (Phi) is 16.2. The number of hydrogen-bond acceptors (Lipinski definition) is 6. The second kappa shape index (κ2) is 17.9. The first-order valence-corrected chi connectivity index (χ1v) is 11.9. The number of ether oxygens (including phenoxy) is 2. The van der Waals surface area contributed by atoms with Gasteiger partial charge in [0.2, 0.25) is 0 Å². The first-order valence-electron chi connectivity index (χ1n) is 11.9. The smallest absolute Gasteiger partial charge is 0.186 e. The predicted octanol–water partition coefficient (Wildman–Crippen LogP) is 3.62. The zero-order valence-corrected chi connectivity index (χ0v) is 18.7. The standard InChI is InChI=1S/C24H44O6/c1-2-3-4-5-6-7-8-9-10-11-12-13-14-15-16-17-18-29-24-23(28)22(27)21(26)20(19-25)30-24/h7-10,20-28H,2-6,11-19H2,1H3/t20-,21-,22+,23-,24?/m1/s1. The van der Waals surface area contributed by atoms with Crippen molar-refractivity contribution >= 4 is 0 Å². The van der Waals surface area contributed by atoms with Gasteiger partial charge in [-0.15, -0.1) is 0 Å². The molecule has 0 amide bonds. The van der Waals surface area contributed by atoms with E-state index >= 15 is 0 Å². The Morgan fingerprint density at radius 2 is 1.30 bits per heavy atom. The minimum Gasteiger partial charge on any atom is -0.394 e. The van der Waals surface area contributed by atoms with E-state index in [0.717, 1.165) is 25.7 Å². The highest BCUT2D eigenvalue weighted by Crippen LogP contribution is 2.22. The van der Waals surface area contributed by atoms with Gasteiger partial charge in [0.1, 0.15) is 24.4 Å². The molecule has 30 heavy (non-hydrogen) atoms. The summed E-state index contributed by atoms with van der Waals surface area (Å²) in [7, 11) is 0. The van der Waals surface area contributed by atoms with Crippen LogP contribution in [0.25, 0.3) is 0 Å². The van der Waals surface area contributed by atoms with Crippen molar-refractivity contribution in [2.75, 3.05) is 13.2 Å². The average Bonchev–Trinajstić information content (AvgIpc) is 2.75. The highest BCUT2D eigenvalue weighted by Gasteiger charge is 2.43. The first-order chi connectivity index (χ1) is 14.6. The monoisotopic (exact) mass is 428 g/mol. The van der Waals surface area contributed by atoms with Crippen LogP contribution in [0.1, 0.15) is 84.0 Å². The molecule has 0 spiro atoms. The van der Waals surface area contributed by atoms with E-state index in [-0.39, 0.29) is 0 Å². The van der Waals surface area contributed by atoms with Crippen molar-refractivity contribution in [3.63, 3.8) is 0 Å². The van der Waals surface area contributed by atoms with Crippen LogP contribution in [-0.4, -0.2) is 64.3 Å². The van der Waals surface area contributed by atoms with Gasteiger partial charge in [0.05, 0.1) is 6.61 Å². The molecule has 1 heterocycles. The van der Waals surface area contributed by atoms with Crippen LogP contribution in [0.4, 0.5) is 0 Å². The molecule has 1 saturated heterocycles. The summed E-state index contributed by atoms with van der Waals surface area (Å²) < 4.78 is 10.8. The fourth-order valence-corrected chi connectivity index (χ4v) is 3.51. The van der Waals surface area contributed by atoms with Crippen LogP contribution < -0.4 is 0 Å². The molecule has 1 aliphatic heterocycles. The Morgan fingerprint density at radius 3 is 1.90 bits per heavy atom. The molecule has 0 bridgehead atoms. The number of unbranched alkanes of at least 4 members (excludes halogenated alkanes) is 10. The number of rotatable bonds is 17. The van der Waals surface area contributed by atoms with Crippen LogP contribution in [0, 0.1) is 0 Å². The van der Waals surface area contributed by atoms with Gasteiger partial charge in [-0.25, -0.2) is 0 Å². The van der Waals surface area contributed by atoms with Crippen LogP contribution >= 0.6 is 0 Å². The molecule has 0 saturated carbocycles. The maximum Gasteiger partial charge on any atom is 0.186 e. The van der Waals surface area contributed by atoms with Crippen molar-refractivity contribution in [3.05, 3.63) is 24.3 Å². The van der Waals surface area contributed by atoms with Crippen molar-refractivity contribution in [2.24, 2.45) is 0 Å². The van der Waals surface area contributed by atoms with E-state index in [1.807, 2.05) is 0 Å². The first kappa shape index (κ1) is 27.3. The van der Waals surface area contributed by atoms with Crippen molar-refractivity contribution in [1.82, 2.24) is 0 Å². The summed E-state index contributed by atoms with van der Waals surface area (Å²) in [6, 6.07) is 0. The summed E-state index contributed by atoms with van der Waals surface area (Å²) in [4.78, 5) is 0. The Morgan fingerprint density at radius 1 is 0.733 bits per heavy atom. The third kappa shape index (κ3) is 11.6. The Hall–Kier alpha value is -0.760. The fourth-order valence-electron chi connectivity index (χ4n) is 3.51. The zero-order valence-electron chi connectivity index (χ0n) is 18.7. The third-order valence-corrected chi connectivity index (χ3v) is 5.50. The number of allylic oxidation sites excluding steroid dienone is 4. The number of hydrogen-bond donors (Lipinski definition) is 4. The summed E-state index contributed by atoms with van der Waals surface area (Å²) in [5.41, 5.74) is 0. The molecular formula is C24H44O6. The molecule has 0 aromatic carbocycles. The highest BCUT2D eigenvalue weighted by molar-refractivity contribution is 5.02. The van der Waals surface area contributed by atoms with E-state index in [0.29, 0.717) is 6.61 Å². The van der Waals surface area contributed by atoms with Crippen molar-refractivity contribution in [3.8, 4) is 0 Å². The third-order valence-electron chi connectivity index (χ3n) is 5.50. The van der Waals surface area contributed by atoms with E-state index in [4.69, 9.17) is 14.6 Å². The molecular weight excluding hydrogens is 384 g/mol. The lowest BCUT2D eigenvalue weighted by Crippen LogP contribution is -2.59. The summed E-state index contributed by atoms with van der Waals surface area (Å²) in [6.07, 6.45) is 17.1. The lowest BCUT2D eigenvalue weighted by Gasteiger charge is -2.39. The van der Waals surface area contributed by atoms with E-state index in [1.54, 1.807) is 0 Å². The lowest BCUT2D eigenvalue weighted by molar-refractivity contribution is -0.301. The zero-order chi connectivity index (χ0) is 22.0. The Labute approximate surface area is 182 Å². The van der Waals surface area contributed by atoms with Gasteiger partial charge in [0.25, 0.3) is 0 Å². The molecule has 1 fully saturated rings. The van der Waals surface area contributed by atoms with Crippen LogP contribution in [0.5, 0.6) is 0 Å². The SMILES string of the molecule is CCCCCCC=CC=CCCCCCCCCOC1O[C@H](CO)[C@@H](O)[C@H](O)[C@H]1O. The molecule has 176 valence electrons. The van der Waals surface area contributed by atoms with E-state index in [2.05, 4.69) is 31.2 Å². The largest absolute Gasteiger partial charge is 0.394 e. The molecule has 1 unspecified atom stereocenters. The van der Waals surface area contributed by atoms with Crippen molar-refractivity contribution < 1.29 is 29.9 Å². The van der Waals surface area contributed by atoms with Gasteiger partial charge in [-0.1, -0.05) is 76.2 Å². The normalized spacial score (nSPS) is 27.4. The second-order valence-electron chi connectivity index (χ2n) is 8.18. The minimum atomic E-state index is -1.38. The molecule has 1 aliphatic rings. The molecule has 1 rings (SSSR count). The Bertz CT molecular complexity index is 451.